The fraction of sp³-hybridized carbons (Fsp3) is 0.500. The molecule has 0 radical (unpaired) electrons. The number of hydrogen-bond acceptors (Lipinski definition) is 4. The summed E-state index contributed by atoms with van der Waals surface area (Å²) in [5, 5.41) is 10.0. The molecule has 1 aromatic rings. The Morgan fingerprint density at radius 3 is 2.45 bits per heavy atom. The minimum atomic E-state index is -0.449. The van der Waals surface area contributed by atoms with Crippen molar-refractivity contribution < 1.29 is 14.6 Å². The van der Waals surface area contributed by atoms with Crippen LogP contribution in [0, 0.1) is 5.92 Å². The summed E-state index contributed by atoms with van der Waals surface area (Å²) in [6.07, 6.45) is 0.817. The number of benzene rings is 1. The van der Waals surface area contributed by atoms with Gasteiger partial charge < -0.3 is 9.84 Å². The quantitative estimate of drug-likeness (QED) is 0.615. The fourth-order valence-electron chi connectivity index (χ4n) is 1.71. The van der Waals surface area contributed by atoms with E-state index in [1.54, 1.807) is 0 Å². The van der Waals surface area contributed by atoms with E-state index in [0.29, 0.717) is 12.8 Å². The number of carbonyl (C=O) groups excluding carboxylic acids is 1. The van der Waals surface area contributed by atoms with Gasteiger partial charge in [0, 0.05) is 12.1 Å². The minimum absolute atomic E-state index is 0.161. The maximum absolute atomic E-state index is 11.2. The van der Waals surface area contributed by atoms with E-state index in [1.807, 2.05) is 44.2 Å². The van der Waals surface area contributed by atoms with Crippen molar-refractivity contribution in [3.05, 3.63) is 30.3 Å². The first-order valence-electron chi connectivity index (χ1n) is 6.89. The first kappa shape index (κ1) is 16.4. The number of hydrogen-bond donors (Lipinski definition) is 1. The number of rotatable bonds is 7. The summed E-state index contributed by atoms with van der Waals surface area (Å²) in [6.45, 7) is 3.93. The molecule has 0 aliphatic rings. The number of esters is 1. The molecule has 1 aromatic carbocycles. The van der Waals surface area contributed by atoms with Gasteiger partial charge in [0.05, 0.1) is 25.3 Å². The standard InChI is InChI=1S/C16H23NO3/c1-12(2)15(18)11-14(9-10-16(19)20-3)17-13-7-5-4-6-8-13/h4-8,12,15,18H,9-11H2,1-3H3. The number of ether oxygens (including phenoxy) is 1. The number of aliphatic imine (C=N–C) groups is 1. The SMILES string of the molecule is COC(=O)CCC(CC(O)C(C)C)=Nc1ccccc1. The molecule has 1 atom stereocenters. The minimum Gasteiger partial charge on any atom is -0.469 e. The van der Waals surface area contributed by atoms with Gasteiger partial charge in [0.15, 0.2) is 0 Å². The van der Waals surface area contributed by atoms with Gasteiger partial charge in [0.2, 0.25) is 0 Å². The van der Waals surface area contributed by atoms with Gasteiger partial charge >= 0.3 is 5.97 Å². The lowest BCUT2D eigenvalue weighted by molar-refractivity contribution is -0.140. The molecule has 1 N–H and O–H groups in total. The second-order valence-electron chi connectivity index (χ2n) is 5.11. The van der Waals surface area contributed by atoms with E-state index in [9.17, 15) is 9.90 Å². The summed E-state index contributed by atoms with van der Waals surface area (Å²) in [4.78, 5) is 15.8. The van der Waals surface area contributed by atoms with Gasteiger partial charge in [-0.3, -0.25) is 9.79 Å². The van der Waals surface area contributed by atoms with Crippen molar-refractivity contribution in [2.24, 2.45) is 10.9 Å². The highest BCUT2D eigenvalue weighted by atomic mass is 16.5. The molecule has 0 saturated heterocycles. The average Bonchev–Trinajstić information content (AvgIpc) is 2.45. The molecule has 0 fully saturated rings. The van der Waals surface area contributed by atoms with Gasteiger partial charge in [0.25, 0.3) is 0 Å². The van der Waals surface area contributed by atoms with Crippen LogP contribution in [-0.4, -0.2) is 30.0 Å². The molecule has 0 spiro atoms. The van der Waals surface area contributed by atoms with E-state index in [4.69, 9.17) is 0 Å². The first-order chi connectivity index (χ1) is 9.52. The largest absolute Gasteiger partial charge is 0.469 e. The number of aliphatic hydroxyl groups excluding tert-OH is 1. The third-order valence-electron chi connectivity index (χ3n) is 3.10. The molecule has 4 nitrogen and oxygen atoms in total. The zero-order valence-corrected chi connectivity index (χ0v) is 12.4. The molecule has 0 amide bonds. The Morgan fingerprint density at radius 2 is 1.90 bits per heavy atom. The smallest absolute Gasteiger partial charge is 0.305 e. The Labute approximate surface area is 120 Å². The molecule has 0 aromatic heterocycles. The Kier molecular flexibility index (Phi) is 6.94. The molecule has 0 aliphatic carbocycles. The number of methoxy groups -OCH3 is 1. The zero-order valence-electron chi connectivity index (χ0n) is 12.4. The molecular formula is C16H23NO3. The van der Waals surface area contributed by atoms with Crippen LogP contribution in [-0.2, 0) is 9.53 Å². The van der Waals surface area contributed by atoms with Crippen LogP contribution in [0.1, 0.15) is 33.1 Å². The highest BCUT2D eigenvalue weighted by molar-refractivity contribution is 5.89. The van der Waals surface area contributed by atoms with Crippen LogP contribution in [0.4, 0.5) is 5.69 Å². The van der Waals surface area contributed by atoms with Crippen molar-refractivity contribution >= 4 is 17.4 Å². The van der Waals surface area contributed by atoms with Crippen molar-refractivity contribution in [2.45, 2.75) is 39.2 Å². The third-order valence-corrected chi connectivity index (χ3v) is 3.10. The molecule has 20 heavy (non-hydrogen) atoms. The number of para-hydroxylation sites is 1. The summed E-state index contributed by atoms with van der Waals surface area (Å²) in [6, 6.07) is 9.56. The number of carbonyl (C=O) groups is 1. The second-order valence-corrected chi connectivity index (χ2v) is 5.11. The van der Waals surface area contributed by atoms with E-state index >= 15 is 0 Å². The van der Waals surface area contributed by atoms with Gasteiger partial charge in [-0.05, 0) is 24.5 Å². The Morgan fingerprint density at radius 1 is 1.25 bits per heavy atom. The Hall–Kier alpha value is -1.68. The molecule has 4 heteroatoms. The summed E-state index contributed by atoms with van der Waals surface area (Å²) in [5.74, 6) is -0.0982. The average molecular weight is 277 g/mol. The summed E-state index contributed by atoms with van der Waals surface area (Å²) >= 11 is 0. The topological polar surface area (TPSA) is 58.9 Å². The van der Waals surface area contributed by atoms with Crippen LogP contribution in [0.5, 0.6) is 0 Å². The van der Waals surface area contributed by atoms with Crippen molar-refractivity contribution in [3.63, 3.8) is 0 Å². The zero-order chi connectivity index (χ0) is 15.0. The Bertz CT molecular complexity index is 440. The molecule has 1 rings (SSSR count). The van der Waals surface area contributed by atoms with E-state index in [2.05, 4.69) is 9.73 Å². The van der Waals surface area contributed by atoms with Gasteiger partial charge in [-0.1, -0.05) is 32.0 Å². The second kappa shape index (κ2) is 8.48. The highest BCUT2D eigenvalue weighted by Gasteiger charge is 2.14. The number of nitrogens with zero attached hydrogens (tertiary/aromatic N) is 1. The summed E-state index contributed by atoms with van der Waals surface area (Å²) in [7, 11) is 1.37. The highest BCUT2D eigenvalue weighted by Crippen LogP contribution is 2.16. The monoisotopic (exact) mass is 277 g/mol. The van der Waals surface area contributed by atoms with E-state index in [0.717, 1.165) is 11.4 Å². The van der Waals surface area contributed by atoms with Gasteiger partial charge in [-0.2, -0.15) is 0 Å². The van der Waals surface area contributed by atoms with Gasteiger partial charge in [-0.25, -0.2) is 0 Å². The van der Waals surface area contributed by atoms with Crippen molar-refractivity contribution in [1.82, 2.24) is 0 Å². The molecule has 0 bridgehead atoms. The first-order valence-corrected chi connectivity index (χ1v) is 6.89. The maximum Gasteiger partial charge on any atom is 0.305 e. The van der Waals surface area contributed by atoms with Crippen molar-refractivity contribution in [2.75, 3.05) is 7.11 Å². The summed E-state index contributed by atoms with van der Waals surface area (Å²) < 4.78 is 4.65. The number of aliphatic hydroxyl groups is 1. The van der Waals surface area contributed by atoms with E-state index < -0.39 is 6.10 Å². The maximum atomic E-state index is 11.2. The lowest BCUT2D eigenvalue weighted by Gasteiger charge is -2.15. The molecule has 1 unspecified atom stereocenters. The lowest BCUT2D eigenvalue weighted by atomic mass is 9.99. The van der Waals surface area contributed by atoms with Crippen molar-refractivity contribution in [1.29, 1.82) is 0 Å². The van der Waals surface area contributed by atoms with E-state index in [-0.39, 0.29) is 18.3 Å². The van der Waals surface area contributed by atoms with Crippen LogP contribution in [0.25, 0.3) is 0 Å². The predicted octanol–water partition coefficient (Wildman–Crippen LogP) is 3.12. The van der Waals surface area contributed by atoms with Crippen LogP contribution in [0.2, 0.25) is 0 Å². The van der Waals surface area contributed by atoms with E-state index in [1.165, 1.54) is 7.11 Å². The molecular weight excluding hydrogens is 254 g/mol. The Balaban J connectivity index is 2.78. The van der Waals surface area contributed by atoms with Gasteiger partial charge in [-0.15, -0.1) is 0 Å². The van der Waals surface area contributed by atoms with Crippen LogP contribution < -0.4 is 0 Å². The molecule has 0 heterocycles. The predicted molar refractivity (Wildman–Crippen MR) is 80.2 cm³/mol. The van der Waals surface area contributed by atoms with Gasteiger partial charge in [0.1, 0.15) is 0 Å². The van der Waals surface area contributed by atoms with Crippen LogP contribution in [0.15, 0.2) is 35.3 Å². The molecule has 0 aliphatic heterocycles. The third kappa shape index (κ3) is 5.97. The van der Waals surface area contributed by atoms with Crippen LogP contribution >= 0.6 is 0 Å². The lowest BCUT2D eigenvalue weighted by Crippen LogP contribution is -2.20. The summed E-state index contributed by atoms with van der Waals surface area (Å²) in [5.41, 5.74) is 1.66. The van der Waals surface area contributed by atoms with Crippen molar-refractivity contribution in [3.8, 4) is 0 Å². The van der Waals surface area contributed by atoms with Crippen LogP contribution in [0.3, 0.4) is 0 Å². The molecule has 0 saturated carbocycles. The fourth-order valence-corrected chi connectivity index (χ4v) is 1.71. The molecule has 110 valence electrons. The normalized spacial score (nSPS) is 13.3.